The summed E-state index contributed by atoms with van der Waals surface area (Å²) in [5, 5.41) is 0. The zero-order valence-corrected chi connectivity index (χ0v) is 10.5. The van der Waals surface area contributed by atoms with Crippen molar-refractivity contribution in [3.05, 3.63) is 29.8 Å². The van der Waals surface area contributed by atoms with E-state index in [9.17, 15) is 0 Å². The Labute approximate surface area is 103 Å². The van der Waals surface area contributed by atoms with Crippen molar-refractivity contribution in [1.82, 2.24) is 4.90 Å². The molecule has 1 aromatic rings. The van der Waals surface area contributed by atoms with Gasteiger partial charge >= 0.3 is 0 Å². The minimum Gasteiger partial charge on any atom is -0.329 e. The van der Waals surface area contributed by atoms with Gasteiger partial charge < -0.3 is 10.6 Å². The number of thiol groups is 1. The van der Waals surface area contributed by atoms with Gasteiger partial charge in [-0.25, -0.2) is 0 Å². The van der Waals surface area contributed by atoms with E-state index in [0.29, 0.717) is 6.54 Å². The topological polar surface area (TPSA) is 41.6 Å². The van der Waals surface area contributed by atoms with E-state index in [4.69, 9.17) is 5.73 Å². The average Bonchev–Trinajstić information content (AvgIpc) is 2.27. The number of aliphatic imine (C=N–C) groups is 1. The zero-order chi connectivity index (χ0) is 11.8. The lowest BCUT2D eigenvalue weighted by Crippen LogP contribution is -2.27. The molecule has 0 amide bonds. The fourth-order valence-corrected chi connectivity index (χ4v) is 1.54. The molecule has 0 aromatic heterocycles. The van der Waals surface area contributed by atoms with Crippen molar-refractivity contribution < 1.29 is 0 Å². The third-order valence-electron chi connectivity index (χ3n) is 2.29. The number of likely N-dealkylation sites (N-methyl/N-ethyl adjacent to an activating group) is 1. The number of nitrogens with two attached hydrogens (primary N) is 1. The van der Waals surface area contributed by atoms with E-state index in [1.807, 2.05) is 30.5 Å². The normalized spacial score (nSPS) is 11.5. The van der Waals surface area contributed by atoms with Crippen molar-refractivity contribution in [2.24, 2.45) is 10.7 Å². The van der Waals surface area contributed by atoms with Crippen LogP contribution in [0.15, 0.2) is 34.2 Å². The first kappa shape index (κ1) is 13.2. The first-order chi connectivity index (χ1) is 7.74. The van der Waals surface area contributed by atoms with E-state index in [1.54, 1.807) is 0 Å². The molecule has 0 bridgehead atoms. The summed E-state index contributed by atoms with van der Waals surface area (Å²) in [5.41, 5.74) is 6.52. The third kappa shape index (κ3) is 4.79. The Morgan fingerprint density at radius 2 is 2.12 bits per heavy atom. The van der Waals surface area contributed by atoms with Gasteiger partial charge in [-0.15, -0.1) is 12.6 Å². The maximum absolute atomic E-state index is 5.45. The molecule has 0 spiro atoms. The average molecular weight is 237 g/mol. The smallest absolute Gasteiger partial charge is 0.0516 e. The fraction of sp³-hybridized carbons (Fsp3) is 0.417. The van der Waals surface area contributed by atoms with Crippen molar-refractivity contribution in [3.8, 4) is 0 Å². The third-order valence-corrected chi connectivity index (χ3v) is 2.70. The van der Waals surface area contributed by atoms with Gasteiger partial charge in [-0.2, -0.15) is 0 Å². The second kappa shape index (κ2) is 7.44. The van der Waals surface area contributed by atoms with Gasteiger partial charge in [0.15, 0.2) is 0 Å². The highest BCUT2D eigenvalue weighted by Gasteiger charge is 1.95. The predicted molar refractivity (Wildman–Crippen MR) is 72.7 cm³/mol. The summed E-state index contributed by atoms with van der Waals surface area (Å²) in [5.74, 6) is 0. The lowest BCUT2D eigenvalue weighted by Gasteiger charge is -2.12. The lowest BCUT2D eigenvalue weighted by atomic mass is 10.2. The van der Waals surface area contributed by atoms with Crippen LogP contribution in [0.3, 0.4) is 0 Å². The summed E-state index contributed by atoms with van der Waals surface area (Å²) in [7, 11) is 2.05. The Hall–Kier alpha value is -0.840. The van der Waals surface area contributed by atoms with Crippen molar-refractivity contribution in [2.45, 2.75) is 4.90 Å². The molecule has 0 saturated heterocycles. The number of nitrogens with zero attached hydrogens (tertiary/aromatic N) is 2. The fourth-order valence-electron chi connectivity index (χ4n) is 1.32. The number of rotatable bonds is 6. The summed E-state index contributed by atoms with van der Waals surface area (Å²) in [6, 6.07) is 7.93. The number of benzene rings is 1. The minimum atomic E-state index is 0.694. The summed E-state index contributed by atoms with van der Waals surface area (Å²) >= 11 is 4.36. The molecule has 0 atom stereocenters. The SMILES string of the molecule is CN(CCN)CCN=Cc1ccccc1S. The van der Waals surface area contributed by atoms with Crippen LogP contribution in [0.1, 0.15) is 5.56 Å². The van der Waals surface area contributed by atoms with Gasteiger partial charge in [-0.05, 0) is 13.1 Å². The standard InChI is InChI=1S/C12H19N3S/c1-15(8-6-13)9-7-14-10-11-4-2-3-5-12(11)16/h2-5,10,16H,6-9,13H2,1H3. The van der Waals surface area contributed by atoms with E-state index in [1.165, 1.54) is 0 Å². The zero-order valence-electron chi connectivity index (χ0n) is 9.63. The van der Waals surface area contributed by atoms with Gasteiger partial charge in [0.2, 0.25) is 0 Å². The van der Waals surface area contributed by atoms with Gasteiger partial charge in [0, 0.05) is 36.3 Å². The Morgan fingerprint density at radius 1 is 1.38 bits per heavy atom. The molecule has 0 aliphatic heterocycles. The van der Waals surface area contributed by atoms with E-state index in [2.05, 4.69) is 29.6 Å². The van der Waals surface area contributed by atoms with Crippen LogP contribution < -0.4 is 5.73 Å². The molecule has 0 heterocycles. The maximum Gasteiger partial charge on any atom is 0.0516 e. The van der Waals surface area contributed by atoms with Crippen LogP contribution in [-0.2, 0) is 0 Å². The Morgan fingerprint density at radius 3 is 2.81 bits per heavy atom. The summed E-state index contributed by atoms with van der Waals surface area (Å²) in [4.78, 5) is 7.50. The molecule has 1 rings (SSSR count). The molecular formula is C12H19N3S. The second-order valence-electron chi connectivity index (χ2n) is 3.69. The quantitative estimate of drug-likeness (QED) is 0.578. The van der Waals surface area contributed by atoms with Crippen molar-refractivity contribution in [1.29, 1.82) is 0 Å². The van der Waals surface area contributed by atoms with E-state index in [-0.39, 0.29) is 0 Å². The minimum absolute atomic E-state index is 0.694. The number of hydrogen-bond acceptors (Lipinski definition) is 4. The van der Waals surface area contributed by atoms with E-state index >= 15 is 0 Å². The van der Waals surface area contributed by atoms with Crippen LogP contribution in [-0.4, -0.2) is 44.3 Å². The van der Waals surface area contributed by atoms with Crippen LogP contribution in [0, 0.1) is 0 Å². The molecule has 3 nitrogen and oxygen atoms in total. The van der Waals surface area contributed by atoms with Gasteiger partial charge in [0.1, 0.15) is 0 Å². The molecule has 88 valence electrons. The lowest BCUT2D eigenvalue weighted by molar-refractivity contribution is 0.354. The van der Waals surface area contributed by atoms with Crippen LogP contribution in [0.2, 0.25) is 0 Å². The molecular weight excluding hydrogens is 218 g/mol. The molecule has 0 radical (unpaired) electrons. The van der Waals surface area contributed by atoms with Crippen LogP contribution in [0.4, 0.5) is 0 Å². The van der Waals surface area contributed by atoms with Gasteiger partial charge in [-0.3, -0.25) is 4.99 Å². The highest BCUT2D eigenvalue weighted by atomic mass is 32.1. The molecule has 0 unspecified atom stereocenters. The Kier molecular flexibility index (Phi) is 6.15. The first-order valence-corrected chi connectivity index (χ1v) is 5.85. The summed E-state index contributed by atoms with van der Waals surface area (Å²) < 4.78 is 0. The molecule has 2 N–H and O–H groups in total. The van der Waals surface area contributed by atoms with Crippen LogP contribution in [0.5, 0.6) is 0 Å². The Balaban J connectivity index is 2.35. The molecule has 1 aromatic carbocycles. The molecule has 4 heteroatoms. The first-order valence-electron chi connectivity index (χ1n) is 5.40. The van der Waals surface area contributed by atoms with Gasteiger partial charge in [0.25, 0.3) is 0 Å². The molecule has 0 saturated carbocycles. The monoisotopic (exact) mass is 237 g/mol. The van der Waals surface area contributed by atoms with Crippen LogP contribution >= 0.6 is 12.6 Å². The molecule has 16 heavy (non-hydrogen) atoms. The van der Waals surface area contributed by atoms with Crippen LogP contribution in [0.25, 0.3) is 0 Å². The Bertz CT molecular complexity index is 339. The van der Waals surface area contributed by atoms with E-state index in [0.717, 1.165) is 30.1 Å². The summed E-state index contributed by atoms with van der Waals surface area (Å²) in [6.07, 6.45) is 1.87. The van der Waals surface area contributed by atoms with Crippen molar-refractivity contribution in [2.75, 3.05) is 33.2 Å². The second-order valence-corrected chi connectivity index (χ2v) is 4.17. The van der Waals surface area contributed by atoms with E-state index < -0.39 is 0 Å². The maximum atomic E-state index is 5.45. The highest BCUT2D eigenvalue weighted by molar-refractivity contribution is 7.80. The van der Waals surface area contributed by atoms with Gasteiger partial charge in [0.05, 0.1) is 6.54 Å². The van der Waals surface area contributed by atoms with Gasteiger partial charge in [-0.1, -0.05) is 18.2 Å². The molecule has 0 aliphatic rings. The predicted octanol–water partition coefficient (Wildman–Crippen LogP) is 1.28. The molecule has 0 fully saturated rings. The molecule has 0 aliphatic carbocycles. The highest BCUT2D eigenvalue weighted by Crippen LogP contribution is 2.09. The van der Waals surface area contributed by atoms with Crippen molar-refractivity contribution >= 4 is 18.8 Å². The number of hydrogen-bond donors (Lipinski definition) is 2. The van der Waals surface area contributed by atoms with Crippen molar-refractivity contribution in [3.63, 3.8) is 0 Å². The largest absolute Gasteiger partial charge is 0.329 e. The summed E-state index contributed by atoms with van der Waals surface area (Å²) in [6.45, 7) is 3.33.